The molecule has 0 radical (unpaired) electrons. The predicted molar refractivity (Wildman–Crippen MR) is 243 cm³/mol. The van der Waals surface area contributed by atoms with Gasteiger partial charge < -0.3 is 40.4 Å². The van der Waals surface area contributed by atoms with Gasteiger partial charge in [-0.1, -0.05) is 43.2 Å². The van der Waals surface area contributed by atoms with Crippen LogP contribution in [0.15, 0.2) is 94.9 Å². The molecule has 1 unspecified atom stereocenters. The van der Waals surface area contributed by atoms with Gasteiger partial charge in [-0.05, 0) is 96.9 Å². The highest BCUT2D eigenvalue weighted by molar-refractivity contribution is 7.90. The normalized spacial score (nSPS) is 21.8. The predicted octanol–water partition coefficient (Wildman–Crippen LogP) is 5.82. The summed E-state index contributed by atoms with van der Waals surface area (Å²) in [6.07, 6.45) is 6.64. The third-order valence-electron chi connectivity index (χ3n) is 12.2. The molecule has 0 aromatic heterocycles. The smallest absolute Gasteiger partial charge is 0.293 e. The average Bonchev–Trinajstić information content (AvgIpc) is 3.48. The van der Waals surface area contributed by atoms with E-state index in [1.54, 1.807) is 12.1 Å². The lowest BCUT2D eigenvalue weighted by molar-refractivity contribution is -0.384. The average molecular weight is 904 g/mol. The standard InChI is InChI=1S/C45H55ClN8O8S/c1-45(2)15-14-31(37(26-45)30-4-6-32(46)7-5-30)28-51-17-19-52(20-18-51)33-8-10-36(40(24-33)53-16-3-21-62-44-39(53)12-13-42(47)49-44)43(55)50-63(58,59)35-9-11-38(41(25-35)54(56)57)48-27-34-29-60-22-23-61-34/h4-13,24-25,34,42,48-49H,3,14-23,26-29,47H2,1-2H3,(H,50,55)/t34-,42?/m0/s1. The Balaban J connectivity index is 1.04. The van der Waals surface area contributed by atoms with E-state index in [-0.39, 0.29) is 29.3 Å². The van der Waals surface area contributed by atoms with Gasteiger partial charge in [-0.3, -0.25) is 19.8 Å². The molecule has 5 N–H and O–H groups in total. The zero-order chi connectivity index (χ0) is 44.3. The molecule has 0 saturated carbocycles. The summed E-state index contributed by atoms with van der Waals surface area (Å²) in [6.45, 7) is 11.0. The van der Waals surface area contributed by atoms with Gasteiger partial charge in [0.15, 0.2) is 0 Å². The lowest BCUT2D eigenvalue weighted by Crippen LogP contribution is -2.47. The fourth-order valence-electron chi connectivity index (χ4n) is 8.76. The molecule has 8 rings (SSSR count). The van der Waals surface area contributed by atoms with Crippen LogP contribution in [0.2, 0.25) is 5.02 Å². The number of nitrogens with one attached hydrogen (secondary N) is 3. The number of piperazine rings is 1. The number of amides is 1. The third kappa shape index (κ3) is 10.5. The second-order valence-corrected chi connectivity index (χ2v) is 19.4. The Morgan fingerprint density at radius 3 is 2.57 bits per heavy atom. The zero-order valence-electron chi connectivity index (χ0n) is 35.6. The molecule has 1 aliphatic carbocycles. The quantitative estimate of drug-likeness (QED) is 0.126. The first kappa shape index (κ1) is 44.4. The van der Waals surface area contributed by atoms with Gasteiger partial charge in [0, 0.05) is 62.6 Å². The van der Waals surface area contributed by atoms with Crippen LogP contribution in [0, 0.1) is 15.5 Å². The van der Waals surface area contributed by atoms with Gasteiger partial charge in [-0.2, -0.15) is 0 Å². The molecule has 4 heterocycles. The molecule has 1 amide bonds. The number of sulfonamides is 1. The first-order chi connectivity index (χ1) is 30.2. The molecule has 0 spiro atoms. The number of rotatable bonds is 12. The van der Waals surface area contributed by atoms with Crippen molar-refractivity contribution in [1.82, 2.24) is 14.9 Å². The summed E-state index contributed by atoms with van der Waals surface area (Å²) in [5, 5.41) is 19.0. The Hall–Kier alpha value is -5.17. The maximum absolute atomic E-state index is 14.2. The van der Waals surface area contributed by atoms with E-state index in [0.717, 1.165) is 68.8 Å². The number of nitrogens with two attached hydrogens (primary N) is 1. The molecular weight excluding hydrogens is 848 g/mol. The molecule has 63 heavy (non-hydrogen) atoms. The maximum atomic E-state index is 14.2. The van der Waals surface area contributed by atoms with Crippen LogP contribution in [0.3, 0.4) is 0 Å². The van der Waals surface area contributed by atoms with E-state index in [4.69, 9.17) is 31.5 Å². The zero-order valence-corrected chi connectivity index (χ0v) is 37.2. The van der Waals surface area contributed by atoms with Crippen molar-refractivity contribution in [1.29, 1.82) is 0 Å². The van der Waals surface area contributed by atoms with Crippen LogP contribution in [0.5, 0.6) is 0 Å². The van der Waals surface area contributed by atoms with Gasteiger partial charge in [0.05, 0.1) is 59.8 Å². The number of allylic oxidation sites excluding steroid dienone is 2. The highest BCUT2D eigenvalue weighted by atomic mass is 35.5. The third-order valence-corrected chi connectivity index (χ3v) is 13.8. The number of hydrogen-bond acceptors (Lipinski definition) is 14. The number of benzene rings is 3. The summed E-state index contributed by atoms with van der Waals surface area (Å²) < 4.78 is 46.9. The summed E-state index contributed by atoms with van der Waals surface area (Å²) in [5.74, 6) is -0.430. The molecule has 4 aliphatic heterocycles. The molecule has 336 valence electrons. The lowest BCUT2D eigenvalue weighted by atomic mass is 9.72. The Kier molecular flexibility index (Phi) is 13.3. The number of dihydropyridines is 1. The Labute approximate surface area is 373 Å². The van der Waals surface area contributed by atoms with Crippen LogP contribution in [0.25, 0.3) is 5.57 Å². The van der Waals surface area contributed by atoms with E-state index in [2.05, 4.69) is 51.1 Å². The molecule has 2 atom stereocenters. The largest absolute Gasteiger partial charge is 0.478 e. The van der Waals surface area contributed by atoms with E-state index in [1.165, 1.54) is 28.8 Å². The van der Waals surface area contributed by atoms with Gasteiger partial charge in [-0.25, -0.2) is 13.1 Å². The van der Waals surface area contributed by atoms with Crippen molar-refractivity contribution < 1.29 is 32.3 Å². The van der Waals surface area contributed by atoms with Crippen molar-refractivity contribution in [2.24, 2.45) is 11.1 Å². The van der Waals surface area contributed by atoms with Gasteiger partial charge in [0.1, 0.15) is 11.4 Å². The summed E-state index contributed by atoms with van der Waals surface area (Å²) in [4.78, 5) is 32.0. The van der Waals surface area contributed by atoms with Crippen LogP contribution in [-0.4, -0.2) is 109 Å². The van der Waals surface area contributed by atoms with Crippen molar-refractivity contribution in [2.45, 2.75) is 56.7 Å². The molecule has 2 fully saturated rings. The Morgan fingerprint density at radius 1 is 1.03 bits per heavy atom. The highest BCUT2D eigenvalue weighted by Crippen LogP contribution is 2.43. The molecule has 0 bridgehead atoms. The van der Waals surface area contributed by atoms with Crippen molar-refractivity contribution in [3.05, 3.63) is 116 Å². The van der Waals surface area contributed by atoms with Gasteiger partial charge in [0.2, 0.25) is 5.88 Å². The van der Waals surface area contributed by atoms with Crippen LogP contribution >= 0.6 is 11.6 Å². The monoisotopic (exact) mass is 902 g/mol. The molecule has 5 aliphatic rings. The van der Waals surface area contributed by atoms with Gasteiger partial charge in [0.25, 0.3) is 21.6 Å². The summed E-state index contributed by atoms with van der Waals surface area (Å²) in [5.41, 5.74) is 12.3. The van der Waals surface area contributed by atoms with Gasteiger partial charge >= 0.3 is 0 Å². The van der Waals surface area contributed by atoms with Gasteiger partial charge in [-0.15, -0.1) is 0 Å². The minimum absolute atomic E-state index is 0.0994. The van der Waals surface area contributed by atoms with Crippen LogP contribution < -0.4 is 30.9 Å². The van der Waals surface area contributed by atoms with Crippen LogP contribution in [0.1, 0.15) is 55.5 Å². The first-order valence-corrected chi connectivity index (χ1v) is 23.3. The van der Waals surface area contributed by atoms with E-state index < -0.39 is 37.6 Å². The Bertz CT molecular complexity index is 2410. The second-order valence-electron chi connectivity index (χ2n) is 17.3. The van der Waals surface area contributed by atoms with E-state index in [9.17, 15) is 23.3 Å². The van der Waals surface area contributed by atoms with Crippen molar-refractivity contribution in [3.63, 3.8) is 0 Å². The molecule has 3 aromatic rings. The molecule has 3 aromatic carbocycles. The van der Waals surface area contributed by atoms with Crippen molar-refractivity contribution >= 4 is 55.9 Å². The number of hydrogen-bond donors (Lipinski definition) is 4. The van der Waals surface area contributed by atoms with Crippen LogP contribution in [0.4, 0.5) is 22.7 Å². The molecule has 2 saturated heterocycles. The van der Waals surface area contributed by atoms with Crippen molar-refractivity contribution in [3.8, 4) is 0 Å². The first-order valence-electron chi connectivity index (χ1n) is 21.4. The fourth-order valence-corrected chi connectivity index (χ4v) is 9.87. The molecular formula is C45H55ClN8O8S. The number of nitro groups is 1. The number of nitrogens with zero attached hydrogens (tertiary/aromatic N) is 4. The van der Waals surface area contributed by atoms with Crippen LogP contribution in [-0.2, 0) is 24.2 Å². The number of nitro benzene ring substituents is 1. The second kappa shape index (κ2) is 18.9. The fraction of sp³-hybridized carbons (Fsp3) is 0.444. The van der Waals surface area contributed by atoms with E-state index in [1.807, 2.05) is 35.2 Å². The van der Waals surface area contributed by atoms with E-state index >= 15 is 0 Å². The summed E-state index contributed by atoms with van der Waals surface area (Å²) in [7, 11) is -4.58. The highest BCUT2D eigenvalue weighted by Gasteiger charge is 2.32. The Morgan fingerprint density at radius 2 is 1.83 bits per heavy atom. The molecule has 18 heteroatoms. The topological polar surface area (TPSA) is 194 Å². The number of carbonyl (C=O) groups excluding carboxylic acids is 1. The lowest BCUT2D eigenvalue weighted by Gasteiger charge is -2.39. The van der Waals surface area contributed by atoms with E-state index in [0.29, 0.717) is 56.7 Å². The number of halogens is 1. The van der Waals surface area contributed by atoms with Crippen molar-refractivity contribution in [2.75, 3.05) is 87.4 Å². The maximum Gasteiger partial charge on any atom is 0.293 e. The SMILES string of the molecule is CC1(C)CCC(CN2CCN(c3ccc(C(=O)NS(=O)(=O)c4ccc(NC[C@H]5COCCO5)c([N+](=O)[O-])c4)c(N4CCCOC5=C4C=CC(N)N5)c3)CC2)=C(c2ccc(Cl)cc2)C1. The number of anilines is 3. The summed E-state index contributed by atoms with van der Waals surface area (Å²) >= 11 is 6.26. The number of carbonyl (C=O) groups is 1. The minimum atomic E-state index is -4.58. The molecule has 16 nitrogen and oxygen atoms in total. The number of ether oxygens (including phenoxy) is 3. The minimum Gasteiger partial charge on any atom is -0.478 e. The summed E-state index contributed by atoms with van der Waals surface area (Å²) in [6, 6.07) is 17.1.